The van der Waals surface area contributed by atoms with Gasteiger partial charge in [0.1, 0.15) is 12.4 Å². The molecule has 11 heteroatoms. The predicted octanol–water partition coefficient (Wildman–Crippen LogP) is 3.41. The third-order valence-electron chi connectivity index (χ3n) is 5.36. The number of hydrogen-bond acceptors (Lipinski definition) is 7. The highest BCUT2D eigenvalue weighted by Gasteiger charge is 2.39. The first-order chi connectivity index (χ1) is 16.4. The molecule has 1 unspecified atom stereocenters. The fraction of sp³-hybridized carbons (Fsp3) is 0.217. The second-order valence-electron chi connectivity index (χ2n) is 7.56. The number of nitro groups is 1. The second-order valence-corrected chi connectivity index (χ2v) is 7.56. The summed E-state index contributed by atoms with van der Waals surface area (Å²) in [6.07, 6.45) is 1.70. The third-order valence-corrected chi connectivity index (χ3v) is 5.36. The minimum atomic E-state index is -0.849. The number of amides is 2. The maximum Gasteiger partial charge on any atom is 0.338 e. The van der Waals surface area contributed by atoms with Gasteiger partial charge in [-0.2, -0.15) is 0 Å². The van der Waals surface area contributed by atoms with Crippen molar-refractivity contribution < 1.29 is 19.2 Å². The molecule has 0 fully saturated rings. The van der Waals surface area contributed by atoms with Crippen LogP contribution in [0.15, 0.2) is 72.1 Å². The first-order valence-corrected chi connectivity index (χ1v) is 10.5. The van der Waals surface area contributed by atoms with Crippen molar-refractivity contribution in [3.63, 3.8) is 0 Å². The highest BCUT2D eigenvalue weighted by Crippen LogP contribution is 2.35. The molecule has 0 radical (unpaired) electrons. The molecule has 1 aliphatic rings. The van der Waals surface area contributed by atoms with Crippen LogP contribution >= 0.6 is 0 Å². The van der Waals surface area contributed by atoms with E-state index < -0.39 is 23.0 Å². The molecule has 0 saturated carbocycles. The van der Waals surface area contributed by atoms with Gasteiger partial charge in [-0.25, -0.2) is 14.3 Å². The first kappa shape index (κ1) is 22.6. The molecular formula is C23H22N6O5. The predicted molar refractivity (Wildman–Crippen MR) is 121 cm³/mol. The number of urea groups is 1. The summed E-state index contributed by atoms with van der Waals surface area (Å²) in [7, 11) is 0. The Morgan fingerprint density at radius 2 is 1.88 bits per heavy atom. The fourth-order valence-corrected chi connectivity index (χ4v) is 3.79. The largest absolute Gasteiger partial charge is 0.463 e. The smallest absolute Gasteiger partial charge is 0.338 e. The molecule has 1 N–H and O–H groups in total. The average molecular weight is 462 g/mol. The molecule has 11 nitrogen and oxygen atoms in total. The lowest BCUT2D eigenvalue weighted by molar-refractivity contribution is -0.384. The van der Waals surface area contributed by atoms with E-state index in [9.17, 15) is 19.7 Å². The molecule has 0 bridgehead atoms. The number of esters is 1. The van der Waals surface area contributed by atoms with Crippen molar-refractivity contribution in [1.29, 1.82) is 0 Å². The van der Waals surface area contributed by atoms with Crippen LogP contribution in [0.5, 0.6) is 0 Å². The summed E-state index contributed by atoms with van der Waals surface area (Å²) in [5, 5.41) is 22.1. The Labute approximate surface area is 194 Å². The number of rotatable bonds is 7. The number of hydrogen-bond donors (Lipinski definition) is 1. The summed E-state index contributed by atoms with van der Waals surface area (Å²) in [4.78, 5) is 37.9. The standard InChI is InChI=1S/C23H22N6O5/c1-3-34-22(30)20-15(2)24-23(31)28(21(20)17-9-11-18(12-10-17)29(32)33)14-27-13-19(25-26-27)16-7-5-4-6-8-16/h4-13,21H,3,14H2,1-2H3,(H,24,31). The van der Waals surface area contributed by atoms with Gasteiger partial charge in [0.15, 0.2) is 0 Å². The molecule has 34 heavy (non-hydrogen) atoms. The first-order valence-electron chi connectivity index (χ1n) is 10.5. The van der Waals surface area contributed by atoms with Crippen molar-refractivity contribution in [1.82, 2.24) is 25.2 Å². The molecule has 2 aromatic carbocycles. The van der Waals surface area contributed by atoms with Crippen molar-refractivity contribution in [2.45, 2.75) is 26.6 Å². The quantitative estimate of drug-likeness (QED) is 0.323. The molecule has 3 aromatic rings. The highest BCUT2D eigenvalue weighted by atomic mass is 16.6. The zero-order chi connectivity index (χ0) is 24.2. The van der Waals surface area contributed by atoms with Crippen molar-refractivity contribution in [3.05, 3.63) is 87.7 Å². The van der Waals surface area contributed by atoms with E-state index >= 15 is 0 Å². The monoisotopic (exact) mass is 462 g/mol. The highest BCUT2D eigenvalue weighted by molar-refractivity contribution is 5.95. The van der Waals surface area contributed by atoms with Crippen molar-refractivity contribution in [2.75, 3.05) is 6.61 Å². The third kappa shape index (κ3) is 4.49. The van der Waals surface area contributed by atoms with Crippen LogP contribution in [-0.4, -0.2) is 43.4 Å². The normalized spacial score (nSPS) is 15.8. The Bertz CT molecular complexity index is 1250. The molecule has 0 aliphatic carbocycles. The summed E-state index contributed by atoms with van der Waals surface area (Å²) < 4.78 is 6.73. The average Bonchev–Trinajstić information content (AvgIpc) is 3.30. The van der Waals surface area contributed by atoms with Gasteiger partial charge in [0, 0.05) is 23.4 Å². The number of carbonyl (C=O) groups is 2. The van der Waals surface area contributed by atoms with Gasteiger partial charge in [0.2, 0.25) is 0 Å². The minimum absolute atomic E-state index is 0.0243. The number of nitro benzene ring substituents is 1. The molecular weight excluding hydrogens is 440 g/mol. The number of non-ortho nitro benzene ring substituents is 1. The van der Waals surface area contributed by atoms with E-state index in [0.29, 0.717) is 17.0 Å². The molecule has 2 amide bonds. The number of carbonyl (C=O) groups excluding carboxylic acids is 2. The van der Waals surface area contributed by atoms with E-state index in [1.165, 1.54) is 33.8 Å². The van der Waals surface area contributed by atoms with E-state index in [1.54, 1.807) is 20.0 Å². The lowest BCUT2D eigenvalue weighted by atomic mass is 9.94. The number of nitrogens with one attached hydrogen (secondary N) is 1. The zero-order valence-electron chi connectivity index (χ0n) is 18.5. The Hall–Kier alpha value is -4.54. The van der Waals surface area contributed by atoms with Gasteiger partial charge in [0.25, 0.3) is 5.69 Å². The van der Waals surface area contributed by atoms with E-state index in [1.807, 2.05) is 30.3 Å². The number of benzene rings is 2. The van der Waals surface area contributed by atoms with Gasteiger partial charge in [0.05, 0.1) is 29.3 Å². The lowest BCUT2D eigenvalue weighted by Crippen LogP contribution is -2.49. The van der Waals surface area contributed by atoms with Crippen molar-refractivity contribution in [3.8, 4) is 11.3 Å². The maximum absolute atomic E-state index is 13.0. The molecule has 174 valence electrons. The molecule has 1 aliphatic heterocycles. The van der Waals surface area contributed by atoms with Gasteiger partial charge < -0.3 is 10.1 Å². The Morgan fingerprint density at radius 1 is 1.18 bits per heavy atom. The van der Waals surface area contributed by atoms with Crippen LogP contribution < -0.4 is 5.32 Å². The Balaban J connectivity index is 1.73. The van der Waals surface area contributed by atoms with Crippen molar-refractivity contribution in [2.24, 2.45) is 0 Å². The van der Waals surface area contributed by atoms with Crippen LogP contribution in [0, 0.1) is 10.1 Å². The molecule has 2 heterocycles. The molecule has 0 spiro atoms. The van der Waals surface area contributed by atoms with Crippen LogP contribution in [0.4, 0.5) is 10.5 Å². The summed E-state index contributed by atoms with van der Waals surface area (Å²) in [6, 6.07) is 13.9. The van der Waals surface area contributed by atoms with Crippen LogP contribution in [0.25, 0.3) is 11.3 Å². The number of nitrogens with zero attached hydrogens (tertiary/aromatic N) is 5. The Kier molecular flexibility index (Phi) is 6.35. The van der Waals surface area contributed by atoms with Gasteiger partial charge >= 0.3 is 12.0 Å². The minimum Gasteiger partial charge on any atom is -0.463 e. The summed E-state index contributed by atoms with van der Waals surface area (Å²) in [6.45, 7) is 3.43. The van der Waals surface area contributed by atoms with E-state index in [4.69, 9.17) is 4.74 Å². The SMILES string of the molecule is CCOC(=O)C1=C(C)NC(=O)N(Cn2cc(-c3ccccc3)nn2)C1c1ccc([N+](=O)[O-])cc1. The topological polar surface area (TPSA) is 132 Å². The van der Waals surface area contributed by atoms with E-state index in [2.05, 4.69) is 15.6 Å². The van der Waals surface area contributed by atoms with Crippen molar-refractivity contribution >= 4 is 17.7 Å². The second kappa shape index (κ2) is 9.53. The summed E-state index contributed by atoms with van der Waals surface area (Å²) in [5.41, 5.74) is 2.50. The number of allylic oxidation sites excluding steroid dienone is 1. The summed E-state index contributed by atoms with van der Waals surface area (Å²) >= 11 is 0. The van der Waals surface area contributed by atoms with Gasteiger partial charge in [-0.1, -0.05) is 35.5 Å². The van der Waals surface area contributed by atoms with Crippen LogP contribution in [0.2, 0.25) is 0 Å². The molecule has 1 aromatic heterocycles. The van der Waals surface area contributed by atoms with Gasteiger partial charge in [-0.3, -0.25) is 15.0 Å². The number of ether oxygens (including phenoxy) is 1. The molecule has 1 atom stereocenters. The zero-order valence-corrected chi connectivity index (χ0v) is 18.5. The lowest BCUT2D eigenvalue weighted by Gasteiger charge is -2.37. The fourth-order valence-electron chi connectivity index (χ4n) is 3.79. The van der Waals surface area contributed by atoms with E-state index in [-0.39, 0.29) is 24.5 Å². The van der Waals surface area contributed by atoms with Crippen LogP contribution in [0.3, 0.4) is 0 Å². The Morgan fingerprint density at radius 3 is 2.53 bits per heavy atom. The molecule has 4 rings (SSSR count). The van der Waals surface area contributed by atoms with Crippen LogP contribution in [0.1, 0.15) is 25.5 Å². The van der Waals surface area contributed by atoms with Crippen LogP contribution in [-0.2, 0) is 16.2 Å². The maximum atomic E-state index is 13.0. The van der Waals surface area contributed by atoms with Gasteiger partial charge in [-0.05, 0) is 31.5 Å². The molecule has 0 saturated heterocycles. The summed E-state index contributed by atoms with van der Waals surface area (Å²) in [5.74, 6) is -0.586. The van der Waals surface area contributed by atoms with E-state index in [0.717, 1.165) is 5.56 Å². The van der Waals surface area contributed by atoms with Gasteiger partial charge in [-0.15, -0.1) is 5.10 Å². The number of aromatic nitrogens is 3.